The third kappa shape index (κ3) is 53.4. The van der Waals surface area contributed by atoms with Crippen LogP contribution in [-0.4, -0.2) is 49.3 Å². The highest BCUT2D eigenvalue weighted by Gasteiger charge is 2.26. The average molecular weight is 978 g/mol. The van der Waals surface area contributed by atoms with E-state index in [0.29, 0.717) is 12.8 Å². The molecule has 0 heterocycles. The van der Waals surface area contributed by atoms with Gasteiger partial charge in [0.1, 0.15) is 6.61 Å². The molecule has 390 valence electrons. The number of nitrogens with two attached hydrogens (primary N) is 1. The van der Waals surface area contributed by atoms with Crippen LogP contribution in [0, 0.1) is 0 Å². The first kappa shape index (κ1) is 65.1. The van der Waals surface area contributed by atoms with Crippen molar-refractivity contribution < 1.29 is 37.6 Å². The van der Waals surface area contributed by atoms with Crippen molar-refractivity contribution in [2.75, 3.05) is 26.4 Å². The molecule has 0 aliphatic rings. The Morgan fingerprint density at radius 3 is 1.13 bits per heavy atom. The molecule has 0 aromatic heterocycles. The molecular weight excluding hydrogens is 882 g/mol. The van der Waals surface area contributed by atoms with Gasteiger partial charge in [-0.25, -0.2) is 4.57 Å². The van der Waals surface area contributed by atoms with Gasteiger partial charge in [0, 0.05) is 19.4 Å². The molecule has 0 amide bonds. The number of unbranched alkanes of at least 4 members (excludes halogenated alkanes) is 13. The van der Waals surface area contributed by atoms with Crippen LogP contribution in [0.5, 0.6) is 0 Å². The summed E-state index contributed by atoms with van der Waals surface area (Å²) in [6.45, 7) is 3.45. The molecule has 3 N–H and O–H groups in total. The third-order valence-electron chi connectivity index (χ3n) is 10.5. The molecule has 0 radical (unpaired) electrons. The van der Waals surface area contributed by atoms with E-state index in [0.717, 1.165) is 116 Å². The summed E-state index contributed by atoms with van der Waals surface area (Å²) in [5.41, 5.74) is 5.37. The highest BCUT2D eigenvalue weighted by Crippen LogP contribution is 2.43. The van der Waals surface area contributed by atoms with Crippen LogP contribution in [-0.2, 0) is 32.7 Å². The van der Waals surface area contributed by atoms with Crippen LogP contribution in [0.3, 0.4) is 0 Å². The quantitative estimate of drug-likeness (QED) is 0.0264. The summed E-state index contributed by atoms with van der Waals surface area (Å²) in [6.07, 6.45) is 74.9. The average Bonchev–Trinajstić information content (AvgIpc) is 3.34. The minimum atomic E-state index is -4.40. The van der Waals surface area contributed by atoms with Gasteiger partial charge in [0.25, 0.3) is 0 Å². The van der Waals surface area contributed by atoms with Gasteiger partial charge in [0.2, 0.25) is 0 Å². The number of allylic oxidation sites excluding steroid dienone is 22. The largest absolute Gasteiger partial charge is 0.472 e. The van der Waals surface area contributed by atoms with Crippen molar-refractivity contribution in [1.29, 1.82) is 0 Å². The smallest absolute Gasteiger partial charge is 0.462 e. The Labute approximate surface area is 421 Å². The number of rotatable bonds is 48. The van der Waals surface area contributed by atoms with Gasteiger partial charge in [-0.3, -0.25) is 18.6 Å². The summed E-state index contributed by atoms with van der Waals surface area (Å²) >= 11 is 0. The molecule has 10 heteroatoms. The van der Waals surface area contributed by atoms with Crippen LogP contribution in [0.4, 0.5) is 0 Å². The lowest BCUT2D eigenvalue weighted by Gasteiger charge is -2.19. The fourth-order valence-electron chi connectivity index (χ4n) is 6.66. The second kappa shape index (κ2) is 53.5. The maximum absolute atomic E-state index is 12.7. The van der Waals surface area contributed by atoms with Gasteiger partial charge in [0.05, 0.1) is 13.2 Å². The van der Waals surface area contributed by atoms with E-state index >= 15 is 0 Å². The highest BCUT2D eigenvalue weighted by atomic mass is 31.2. The van der Waals surface area contributed by atoms with Crippen LogP contribution in [0.2, 0.25) is 0 Å². The second-order valence-electron chi connectivity index (χ2n) is 17.0. The van der Waals surface area contributed by atoms with Crippen molar-refractivity contribution in [1.82, 2.24) is 0 Å². The molecule has 9 nitrogen and oxygen atoms in total. The number of ether oxygens (including phenoxy) is 2. The Balaban J connectivity index is 4.11. The topological polar surface area (TPSA) is 134 Å². The van der Waals surface area contributed by atoms with E-state index < -0.39 is 32.5 Å². The molecule has 0 aromatic rings. The lowest BCUT2D eigenvalue weighted by Crippen LogP contribution is -2.29. The lowest BCUT2D eigenvalue weighted by atomic mass is 10.0. The Kier molecular flexibility index (Phi) is 50.5. The monoisotopic (exact) mass is 978 g/mol. The molecule has 69 heavy (non-hydrogen) atoms. The summed E-state index contributed by atoms with van der Waals surface area (Å²) in [5, 5.41) is 0. The SMILES string of the molecule is CC/C=C\C/C=C\C/C=C\C/C=C\C/C=C\C/C=C\CCCCCCCCCCCCC(=O)OC(COC(=O)CCCCC/C=C\C/C=C\C/C=C\C/C=C\C/C=C\CC)COP(=O)(O)OCCN. The van der Waals surface area contributed by atoms with Crippen molar-refractivity contribution in [2.24, 2.45) is 5.73 Å². The number of carbonyl (C=O) groups is 2. The summed E-state index contributed by atoms with van der Waals surface area (Å²) in [6, 6.07) is 0. The Morgan fingerprint density at radius 2 is 0.754 bits per heavy atom. The number of hydrogen-bond acceptors (Lipinski definition) is 8. The summed E-state index contributed by atoms with van der Waals surface area (Å²) in [4.78, 5) is 35.1. The third-order valence-corrected chi connectivity index (χ3v) is 11.5. The molecule has 0 rings (SSSR count). The molecule has 0 aliphatic heterocycles. The number of hydrogen-bond donors (Lipinski definition) is 2. The molecule has 0 saturated carbocycles. The Morgan fingerprint density at radius 1 is 0.435 bits per heavy atom. The summed E-state index contributed by atoms with van der Waals surface area (Å²) < 4.78 is 32.9. The maximum atomic E-state index is 12.7. The predicted molar refractivity (Wildman–Crippen MR) is 293 cm³/mol. The number of carbonyl (C=O) groups excluding carboxylic acids is 2. The van der Waals surface area contributed by atoms with E-state index in [1.165, 1.54) is 38.5 Å². The van der Waals surface area contributed by atoms with Gasteiger partial charge in [-0.1, -0.05) is 205 Å². The molecule has 0 saturated heterocycles. The predicted octanol–water partition coefficient (Wildman–Crippen LogP) is 16.6. The van der Waals surface area contributed by atoms with E-state index in [1.54, 1.807) is 0 Å². The first-order valence-electron chi connectivity index (χ1n) is 26.7. The van der Waals surface area contributed by atoms with Crippen LogP contribution < -0.4 is 5.73 Å². The first-order valence-corrected chi connectivity index (χ1v) is 28.2. The molecular formula is C59H96NO8P. The van der Waals surface area contributed by atoms with E-state index in [2.05, 4.69) is 148 Å². The van der Waals surface area contributed by atoms with E-state index in [1.807, 2.05) is 0 Å². The van der Waals surface area contributed by atoms with Crippen molar-refractivity contribution in [3.05, 3.63) is 134 Å². The van der Waals surface area contributed by atoms with Gasteiger partial charge < -0.3 is 20.1 Å². The first-order chi connectivity index (χ1) is 33.8. The zero-order chi connectivity index (χ0) is 50.2. The molecule has 0 bridgehead atoms. The van der Waals surface area contributed by atoms with Gasteiger partial charge in [-0.15, -0.1) is 0 Å². The van der Waals surface area contributed by atoms with Crippen LogP contribution in [0.25, 0.3) is 0 Å². The molecule has 0 aliphatic carbocycles. The van der Waals surface area contributed by atoms with Crippen molar-refractivity contribution >= 4 is 19.8 Å². The minimum Gasteiger partial charge on any atom is -0.462 e. The Bertz CT molecular complexity index is 1580. The zero-order valence-electron chi connectivity index (χ0n) is 43.2. The normalized spacial score (nSPS) is 14.2. The second-order valence-corrected chi connectivity index (χ2v) is 18.4. The number of phosphoric ester groups is 1. The summed E-state index contributed by atoms with van der Waals surface area (Å²) in [5.74, 6) is -0.882. The van der Waals surface area contributed by atoms with Gasteiger partial charge in [-0.05, 0) is 109 Å². The molecule has 2 atom stereocenters. The summed E-state index contributed by atoms with van der Waals surface area (Å²) in [7, 11) is -4.40. The van der Waals surface area contributed by atoms with Crippen molar-refractivity contribution in [3.63, 3.8) is 0 Å². The maximum Gasteiger partial charge on any atom is 0.472 e. The van der Waals surface area contributed by atoms with Crippen LogP contribution in [0.1, 0.15) is 194 Å². The van der Waals surface area contributed by atoms with Crippen LogP contribution in [0.15, 0.2) is 134 Å². The molecule has 0 aromatic carbocycles. The van der Waals surface area contributed by atoms with Crippen molar-refractivity contribution in [3.8, 4) is 0 Å². The fraction of sp³-hybridized carbons (Fsp3) is 0.593. The molecule has 0 spiro atoms. The van der Waals surface area contributed by atoms with Crippen LogP contribution >= 0.6 is 7.82 Å². The van der Waals surface area contributed by atoms with E-state index in [-0.39, 0.29) is 32.6 Å². The standard InChI is InChI=1S/C59H96NO8P/c1-3-5-7-9-11-13-15-17-19-21-23-24-25-26-27-28-29-30-31-32-34-36-38-40-42-44-46-48-50-52-59(62)68-57(56-67-69(63,64)66-54-53-60)55-65-58(61)51-49-47-45-43-41-39-37-35-33-22-20-18-16-14-12-10-8-6-4-2/h5-8,11-14,17-20,23-24,26-27,29-30,33,35,39,41,57H,3-4,9-10,15-16,21-22,25,28,31-32,34,36-38,40,42-56,60H2,1-2H3,(H,63,64)/b7-5-,8-6-,13-11-,14-12-,19-17-,20-18-,24-23-,27-26-,30-29-,35-33-,41-39-. The fourth-order valence-corrected chi connectivity index (χ4v) is 7.43. The van der Waals surface area contributed by atoms with Gasteiger partial charge >= 0.3 is 19.8 Å². The molecule has 0 fully saturated rings. The Hall–Kier alpha value is -3.85. The lowest BCUT2D eigenvalue weighted by molar-refractivity contribution is -0.161. The number of phosphoric acid groups is 1. The van der Waals surface area contributed by atoms with Gasteiger partial charge in [-0.2, -0.15) is 0 Å². The number of esters is 2. The van der Waals surface area contributed by atoms with E-state index in [9.17, 15) is 19.0 Å². The zero-order valence-corrected chi connectivity index (χ0v) is 44.1. The molecule has 2 unspecified atom stereocenters. The highest BCUT2D eigenvalue weighted by molar-refractivity contribution is 7.47. The van der Waals surface area contributed by atoms with Gasteiger partial charge in [0.15, 0.2) is 6.10 Å². The van der Waals surface area contributed by atoms with E-state index in [4.69, 9.17) is 24.3 Å². The minimum absolute atomic E-state index is 0.0402. The van der Waals surface area contributed by atoms with Crippen molar-refractivity contribution in [2.45, 2.75) is 200 Å².